The van der Waals surface area contributed by atoms with E-state index in [0.29, 0.717) is 21.5 Å². The molecule has 0 aliphatic carbocycles. The lowest BCUT2D eigenvalue weighted by Crippen LogP contribution is -2.12. The van der Waals surface area contributed by atoms with E-state index in [1.165, 1.54) is 24.4 Å². The van der Waals surface area contributed by atoms with Gasteiger partial charge in [0.2, 0.25) is 0 Å². The minimum absolute atomic E-state index is 0.303. The van der Waals surface area contributed by atoms with Crippen LogP contribution in [0, 0.1) is 5.82 Å². The third-order valence-corrected chi connectivity index (χ3v) is 3.12. The van der Waals surface area contributed by atoms with Crippen LogP contribution in [-0.4, -0.2) is 17.9 Å². The monoisotopic (exact) mass is 323 g/mol. The number of amides is 1. The average Bonchev–Trinajstić information content (AvgIpc) is 2.42. The van der Waals surface area contributed by atoms with Gasteiger partial charge in [0, 0.05) is 17.7 Å². The van der Waals surface area contributed by atoms with Gasteiger partial charge in [-0.05, 0) is 46.3 Å². The van der Waals surface area contributed by atoms with E-state index in [1.807, 2.05) is 0 Å². The van der Waals surface area contributed by atoms with Crippen LogP contribution in [0.5, 0.6) is 0 Å². The molecule has 0 saturated heterocycles. The van der Waals surface area contributed by atoms with Gasteiger partial charge >= 0.3 is 0 Å². The maximum atomic E-state index is 12.9. The lowest BCUT2D eigenvalue weighted by Gasteiger charge is -2.07. The molecular weight excluding hydrogens is 313 g/mol. The number of hydrogen-bond donors (Lipinski definition) is 2. The van der Waals surface area contributed by atoms with Crippen LogP contribution >= 0.6 is 15.9 Å². The van der Waals surface area contributed by atoms with Crippen molar-refractivity contribution in [1.82, 2.24) is 4.98 Å². The summed E-state index contributed by atoms with van der Waals surface area (Å²) >= 11 is 3.19. The molecule has 1 aromatic heterocycles. The van der Waals surface area contributed by atoms with Crippen molar-refractivity contribution >= 4 is 33.3 Å². The van der Waals surface area contributed by atoms with Crippen molar-refractivity contribution in [1.29, 1.82) is 0 Å². The maximum absolute atomic E-state index is 12.9. The Kier molecular flexibility index (Phi) is 4.11. The van der Waals surface area contributed by atoms with E-state index in [-0.39, 0.29) is 11.7 Å². The predicted octanol–water partition coefficient (Wildman–Crippen LogP) is 3.28. The predicted molar refractivity (Wildman–Crippen MR) is 75.8 cm³/mol. The fourth-order valence-electron chi connectivity index (χ4n) is 1.46. The number of aromatic nitrogens is 1. The Hall–Kier alpha value is -1.95. The number of anilines is 2. The molecule has 2 N–H and O–H groups in total. The minimum atomic E-state index is -0.370. The van der Waals surface area contributed by atoms with Crippen molar-refractivity contribution in [2.45, 2.75) is 0 Å². The number of nitrogens with zero attached hydrogens (tertiary/aromatic N) is 1. The second-order valence-corrected chi connectivity index (χ2v) is 4.61. The van der Waals surface area contributed by atoms with Crippen molar-refractivity contribution in [2.24, 2.45) is 0 Å². The summed E-state index contributed by atoms with van der Waals surface area (Å²) in [6, 6.07) is 7.42. The number of pyridine rings is 1. The van der Waals surface area contributed by atoms with Gasteiger partial charge in [0.25, 0.3) is 5.91 Å². The van der Waals surface area contributed by atoms with Gasteiger partial charge in [-0.15, -0.1) is 0 Å². The molecular formula is C13H11BrFN3O. The van der Waals surface area contributed by atoms with E-state index in [1.54, 1.807) is 19.2 Å². The standard InChI is InChI=1S/C13H11BrFN3O/c1-16-12-5-2-8(7-17-12)13(19)18-11-4-3-9(15)6-10(11)14/h2-7H,1H3,(H,16,17)(H,18,19). The normalized spacial score (nSPS) is 10.1. The third kappa shape index (κ3) is 3.29. The summed E-state index contributed by atoms with van der Waals surface area (Å²) in [4.78, 5) is 16.0. The molecule has 19 heavy (non-hydrogen) atoms. The van der Waals surface area contributed by atoms with Crippen LogP contribution in [0.25, 0.3) is 0 Å². The number of carbonyl (C=O) groups excluding carboxylic acids is 1. The molecule has 0 saturated carbocycles. The highest BCUT2D eigenvalue weighted by atomic mass is 79.9. The molecule has 4 nitrogen and oxygen atoms in total. The molecule has 0 bridgehead atoms. The summed E-state index contributed by atoms with van der Waals surface area (Å²) in [7, 11) is 1.75. The zero-order valence-corrected chi connectivity index (χ0v) is 11.7. The van der Waals surface area contributed by atoms with Crippen molar-refractivity contribution in [3.05, 3.63) is 52.4 Å². The quantitative estimate of drug-likeness (QED) is 0.911. The highest BCUT2D eigenvalue weighted by molar-refractivity contribution is 9.10. The second kappa shape index (κ2) is 5.79. The Morgan fingerprint density at radius 3 is 2.68 bits per heavy atom. The van der Waals surface area contributed by atoms with Crippen molar-refractivity contribution in [3.8, 4) is 0 Å². The topological polar surface area (TPSA) is 54.0 Å². The van der Waals surface area contributed by atoms with Crippen molar-refractivity contribution < 1.29 is 9.18 Å². The third-order valence-electron chi connectivity index (χ3n) is 2.46. The van der Waals surface area contributed by atoms with Gasteiger partial charge in [-0.3, -0.25) is 4.79 Å². The Balaban J connectivity index is 2.15. The number of carbonyl (C=O) groups is 1. The van der Waals surface area contributed by atoms with Crippen LogP contribution in [0.3, 0.4) is 0 Å². The zero-order valence-electron chi connectivity index (χ0n) is 10.1. The van der Waals surface area contributed by atoms with Crippen molar-refractivity contribution in [2.75, 3.05) is 17.7 Å². The molecule has 2 rings (SSSR count). The number of nitrogens with one attached hydrogen (secondary N) is 2. The Morgan fingerprint density at radius 2 is 2.11 bits per heavy atom. The number of halogens is 2. The van der Waals surface area contributed by atoms with Crippen LogP contribution in [0.4, 0.5) is 15.9 Å². The lowest BCUT2D eigenvalue weighted by atomic mass is 10.2. The van der Waals surface area contributed by atoms with Crippen LogP contribution in [0.1, 0.15) is 10.4 Å². The fraction of sp³-hybridized carbons (Fsp3) is 0.0769. The highest BCUT2D eigenvalue weighted by Crippen LogP contribution is 2.23. The largest absolute Gasteiger partial charge is 0.373 e. The first-order chi connectivity index (χ1) is 9.10. The first kappa shape index (κ1) is 13.5. The number of rotatable bonds is 3. The summed E-state index contributed by atoms with van der Waals surface area (Å²) in [6.45, 7) is 0. The van der Waals surface area contributed by atoms with Gasteiger partial charge in [-0.25, -0.2) is 9.37 Å². The molecule has 0 aliphatic heterocycles. The Bertz CT molecular complexity index is 601. The first-order valence-corrected chi connectivity index (χ1v) is 6.29. The van der Waals surface area contributed by atoms with Gasteiger partial charge in [0.15, 0.2) is 0 Å². The summed E-state index contributed by atoms with van der Waals surface area (Å²) in [5.74, 6) is 0.00638. The SMILES string of the molecule is CNc1ccc(C(=O)Nc2ccc(F)cc2Br)cn1. The average molecular weight is 324 g/mol. The van der Waals surface area contributed by atoms with E-state index >= 15 is 0 Å². The molecule has 0 unspecified atom stereocenters. The van der Waals surface area contributed by atoms with E-state index < -0.39 is 0 Å². The highest BCUT2D eigenvalue weighted by Gasteiger charge is 2.09. The molecule has 1 heterocycles. The summed E-state index contributed by atoms with van der Waals surface area (Å²) in [5, 5.41) is 5.54. The maximum Gasteiger partial charge on any atom is 0.257 e. The van der Waals surface area contributed by atoms with Crippen LogP contribution < -0.4 is 10.6 Å². The molecule has 98 valence electrons. The lowest BCUT2D eigenvalue weighted by molar-refractivity contribution is 0.102. The summed E-state index contributed by atoms with van der Waals surface area (Å²) < 4.78 is 13.4. The Labute approximate surface area is 118 Å². The zero-order chi connectivity index (χ0) is 13.8. The second-order valence-electron chi connectivity index (χ2n) is 3.76. The first-order valence-electron chi connectivity index (χ1n) is 5.50. The number of benzene rings is 1. The van der Waals surface area contributed by atoms with Crippen LogP contribution in [0.15, 0.2) is 41.0 Å². The summed E-state index contributed by atoms with van der Waals surface area (Å²) in [6.07, 6.45) is 1.47. The van der Waals surface area contributed by atoms with Crippen LogP contribution in [0.2, 0.25) is 0 Å². The molecule has 0 aliphatic rings. The van der Waals surface area contributed by atoms with Crippen LogP contribution in [-0.2, 0) is 0 Å². The Morgan fingerprint density at radius 1 is 1.32 bits per heavy atom. The van der Waals surface area contributed by atoms with Crippen molar-refractivity contribution in [3.63, 3.8) is 0 Å². The summed E-state index contributed by atoms with van der Waals surface area (Å²) in [5.41, 5.74) is 0.930. The van der Waals surface area contributed by atoms with Gasteiger partial charge < -0.3 is 10.6 Å². The van der Waals surface area contributed by atoms with Gasteiger partial charge in [0.05, 0.1) is 11.3 Å². The molecule has 2 aromatic rings. The van der Waals surface area contributed by atoms with E-state index in [9.17, 15) is 9.18 Å². The molecule has 1 aromatic carbocycles. The van der Waals surface area contributed by atoms with E-state index in [0.717, 1.165) is 0 Å². The molecule has 0 atom stereocenters. The van der Waals surface area contributed by atoms with E-state index in [2.05, 4.69) is 31.5 Å². The molecule has 6 heteroatoms. The molecule has 0 spiro atoms. The smallest absolute Gasteiger partial charge is 0.257 e. The molecule has 1 amide bonds. The fourth-order valence-corrected chi connectivity index (χ4v) is 1.91. The molecule has 0 fully saturated rings. The van der Waals surface area contributed by atoms with Gasteiger partial charge in [0.1, 0.15) is 11.6 Å². The molecule has 0 radical (unpaired) electrons. The van der Waals surface area contributed by atoms with Gasteiger partial charge in [-0.1, -0.05) is 0 Å². The van der Waals surface area contributed by atoms with E-state index in [4.69, 9.17) is 0 Å². The van der Waals surface area contributed by atoms with Gasteiger partial charge in [-0.2, -0.15) is 0 Å². The minimum Gasteiger partial charge on any atom is -0.373 e. The number of hydrogen-bond acceptors (Lipinski definition) is 3.